The molecule has 0 radical (unpaired) electrons. The number of hydrogen-bond donors (Lipinski definition) is 0. The average molecular weight is 627 g/mol. The van der Waals surface area contributed by atoms with E-state index in [1.54, 1.807) is 0 Å². The number of esters is 1. The first-order valence-electron chi connectivity index (χ1n) is 14.5. The number of ether oxygens (including phenoxy) is 1. The van der Waals surface area contributed by atoms with Crippen LogP contribution in [-0.2, 0) is 9.53 Å². The van der Waals surface area contributed by atoms with E-state index in [4.69, 9.17) is 4.74 Å². The molecule has 4 heteroatoms. The Morgan fingerprint density at radius 2 is 1.07 bits per heavy atom. The molecular formula is C39H32BrNO2. The Labute approximate surface area is 261 Å². The van der Waals surface area contributed by atoms with Crippen molar-refractivity contribution in [3.05, 3.63) is 183 Å². The number of carbonyl (C=O) groups is 1. The van der Waals surface area contributed by atoms with Crippen LogP contribution >= 0.6 is 15.9 Å². The molecule has 1 unspecified atom stereocenters. The van der Waals surface area contributed by atoms with E-state index in [0.29, 0.717) is 13.2 Å². The Morgan fingerprint density at radius 3 is 1.49 bits per heavy atom. The van der Waals surface area contributed by atoms with Crippen molar-refractivity contribution in [2.45, 2.75) is 13.0 Å². The first kappa shape index (κ1) is 28.4. The Hall–Kier alpha value is -4.67. The number of hydrogen-bond acceptors (Lipinski definition) is 3. The van der Waals surface area contributed by atoms with Crippen molar-refractivity contribution in [3.8, 4) is 0 Å². The van der Waals surface area contributed by atoms with Gasteiger partial charge in [-0.15, -0.1) is 0 Å². The van der Waals surface area contributed by atoms with Crippen molar-refractivity contribution in [2.24, 2.45) is 0 Å². The number of halogens is 1. The van der Waals surface area contributed by atoms with Gasteiger partial charge in [0, 0.05) is 16.7 Å². The molecule has 1 saturated heterocycles. The zero-order valence-corrected chi connectivity index (χ0v) is 25.6. The second-order valence-corrected chi connectivity index (χ2v) is 11.3. The smallest absolute Gasteiger partial charge is 0.333 e. The van der Waals surface area contributed by atoms with E-state index in [1.807, 2.05) is 43.3 Å². The summed E-state index contributed by atoms with van der Waals surface area (Å²) < 4.78 is 6.83. The minimum Gasteiger partial charge on any atom is -0.464 e. The lowest BCUT2D eigenvalue weighted by Crippen LogP contribution is -2.38. The third kappa shape index (κ3) is 5.97. The summed E-state index contributed by atoms with van der Waals surface area (Å²) in [5, 5.41) is 0. The van der Waals surface area contributed by atoms with Crippen molar-refractivity contribution in [2.75, 3.05) is 18.1 Å². The molecule has 0 aromatic heterocycles. The number of carbonyl (C=O) groups excluding carboxylic acids is 1. The Balaban J connectivity index is 1.77. The molecule has 0 bridgehead atoms. The molecule has 0 N–H and O–H groups in total. The molecule has 0 saturated carbocycles. The topological polar surface area (TPSA) is 29.5 Å². The van der Waals surface area contributed by atoms with Crippen LogP contribution in [0.25, 0.3) is 11.1 Å². The zero-order valence-electron chi connectivity index (χ0n) is 24.0. The fourth-order valence-electron chi connectivity index (χ4n) is 5.92. The zero-order chi connectivity index (χ0) is 29.6. The van der Waals surface area contributed by atoms with Crippen LogP contribution in [0.4, 0.5) is 5.69 Å². The highest BCUT2D eigenvalue weighted by Gasteiger charge is 2.43. The van der Waals surface area contributed by atoms with E-state index in [2.05, 4.69) is 130 Å². The molecule has 1 aliphatic rings. The Morgan fingerprint density at radius 1 is 0.651 bits per heavy atom. The maximum absolute atomic E-state index is 14.2. The highest BCUT2D eigenvalue weighted by Crippen LogP contribution is 2.45. The van der Waals surface area contributed by atoms with Gasteiger partial charge in [0.2, 0.25) is 0 Å². The lowest BCUT2D eigenvalue weighted by atomic mass is 9.83. The molecule has 3 nitrogen and oxygen atoms in total. The summed E-state index contributed by atoms with van der Waals surface area (Å²) in [7, 11) is 0. The van der Waals surface area contributed by atoms with Gasteiger partial charge >= 0.3 is 5.97 Å². The average Bonchev–Trinajstić information content (AvgIpc) is 3.43. The van der Waals surface area contributed by atoms with Crippen LogP contribution in [0.5, 0.6) is 0 Å². The molecule has 5 aromatic rings. The van der Waals surface area contributed by atoms with Gasteiger partial charge in [-0.25, -0.2) is 4.79 Å². The molecule has 1 heterocycles. The van der Waals surface area contributed by atoms with Gasteiger partial charge in [0.15, 0.2) is 6.04 Å². The summed E-state index contributed by atoms with van der Waals surface area (Å²) in [6, 6.07) is 49.3. The normalized spacial score (nSPS) is 14.5. The predicted molar refractivity (Wildman–Crippen MR) is 180 cm³/mol. The largest absolute Gasteiger partial charge is 0.464 e. The van der Waals surface area contributed by atoms with Crippen LogP contribution in [-0.4, -0.2) is 25.2 Å². The summed E-state index contributed by atoms with van der Waals surface area (Å²) in [6.45, 7) is 2.69. The number of anilines is 1. The quantitative estimate of drug-likeness (QED) is 0.169. The van der Waals surface area contributed by atoms with Crippen molar-refractivity contribution in [1.82, 2.24) is 0 Å². The third-order valence-electron chi connectivity index (χ3n) is 7.73. The monoisotopic (exact) mass is 625 g/mol. The maximum atomic E-state index is 14.2. The minimum atomic E-state index is -0.658. The third-order valence-corrected chi connectivity index (χ3v) is 8.26. The van der Waals surface area contributed by atoms with Crippen LogP contribution in [0.2, 0.25) is 0 Å². The van der Waals surface area contributed by atoms with Crippen molar-refractivity contribution in [3.63, 3.8) is 0 Å². The molecule has 212 valence electrons. The van der Waals surface area contributed by atoms with Crippen LogP contribution in [0.1, 0.15) is 29.2 Å². The van der Waals surface area contributed by atoms with Gasteiger partial charge in [-0.1, -0.05) is 137 Å². The van der Waals surface area contributed by atoms with E-state index in [1.165, 1.54) is 0 Å². The van der Waals surface area contributed by atoms with Gasteiger partial charge in [0.1, 0.15) is 0 Å². The standard InChI is InChI=1S/C39H32BrNO2/c1-2-43-39(42)38-37(36(30-19-11-5-12-20-30)31-21-13-6-14-22-31)34(27-41(38)33-25-23-32(40)24-26-33)35(28-15-7-3-8-16-28)29-17-9-4-10-18-29/h3-26,38H,2,27H2,1H3. The number of rotatable bonds is 7. The van der Waals surface area contributed by atoms with Crippen molar-refractivity contribution < 1.29 is 9.53 Å². The van der Waals surface area contributed by atoms with Gasteiger partial charge in [-0.3, -0.25) is 0 Å². The molecule has 5 aromatic carbocycles. The van der Waals surface area contributed by atoms with Crippen LogP contribution in [0.3, 0.4) is 0 Å². The number of nitrogens with zero attached hydrogens (tertiary/aromatic N) is 1. The van der Waals surface area contributed by atoms with Crippen molar-refractivity contribution in [1.29, 1.82) is 0 Å². The molecule has 0 aliphatic carbocycles. The fraction of sp³-hybridized carbons (Fsp3) is 0.103. The van der Waals surface area contributed by atoms with Gasteiger partial charge < -0.3 is 9.64 Å². The van der Waals surface area contributed by atoms with E-state index in [0.717, 1.165) is 54.7 Å². The van der Waals surface area contributed by atoms with Crippen molar-refractivity contribution >= 4 is 38.7 Å². The minimum absolute atomic E-state index is 0.264. The first-order chi connectivity index (χ1) is 21.2. The molecule has 43 heavy (non-hydrogen) atoms. The van der Waals surface area contributed by atoms with E-state index >= 15 is 0 Å². The molecule has 1 aliphatic heterocycles. The Kier molecular flexibility index (Phi) is 8.67. The SMILES string of the molecule is CCOC(=O)C1C(=C(c2ccccc2)c2ccccc2)C(=C(c2ccccc2)c2ccccc2)CN1c1ccc(Br)cc1. The summed E-state index contributed by atoms with van der Waals surface area (Å²) in [5.41, 5.74) is 9.44. The second kappa shape index (κ2) is 13.1. The molecule has 1 atom stereocenters. The summed E-state index contributed by atoms with van der Waals surface area (Å²) in [5.74, 6) is -0.264. The predicted octanol–water partition coefficient (Wildman–Crippen LogP) is 9.21. The summed E-state index contributed by atoms with van der Waals surface area (Å²) >= 11 is 3.59. The molecule has 6 rings (SSSR count). The highest BCUT2D eigenvalue weighted by molar-refractivity contribution is 9.10. The lowest BCUT2D eigenvalue weighted by molar-refractivity contribution is -0.143. The van der Waals surface area contributed by atoms with Crippen LogP contribution in [0, 0.1) is 0 Å². The van der Waals surface area contributed by atoms with E-state index in [9.17, 15) is 4.79 Å². The molecule has 0 spiro atoms. The maximum Gasteiger partial charge on any atom is 0.333 e. The summed E-state index contributed by atoms with van der Waals surface area (Å²) in [4.78, 5) is 16.4. The first-order valence-corrected chi connectivity index (χ1v) is 15.3. The molecular weight excluding hydrogens is 594 g/mol. The van der Waals surface area contributed by atoms with Gasteiger partial charge in [-0.05, 0) is 75.7 Å². The molecule has 0 amide bonds. The van der Waals surface area contributed by atoms with E-state index < -0.39 is 6.04 Å². The second-order valence-electron chi connectivity index (χ2n) is 10.4. The lowest BCUT2D eigenvalue weighted by Gasteiger charge is -2.26. The fourth-order valence-corrected chi connectivity index (χ4v) is 6.18. The number of benzene rings is 5. The Bertz CT molecular complexity index is 1660. The van der Waals surface area contributed by atoms with Gasteiger partial charge in [0.05, 0.1) is 6.61 Å². The molecule has 1 fully saturated rings. The summed E-state index contributed by atoms with van der Waals surface area (Å²) in [6.07, 6.45) is 0. The van der Waals surface area contributed by atoms with Crippen LogP contribution in [0.15, 0.2) is 161 Å². The van der Waals surface area contributed by atoms with E-state index in [-0.39, 0.29) is 5.97 Å². The van der Waals surface area contributed by atoms with Gasteiger partial charge in [-0.2, -0.15) is 0 Å². The van der Waals surface area contributed by atoms with Gasteiger partial charge in [0.25, 0.3) is 0 Å². The van der Waals surface area contributed by atoms with Crippen LogP contribution < -0.4 is 4.90 Å². The highest BCUT2D eigenvalue weighted by atomic mass is 79.9.